The Balaban J connectivity index is 2.29. The van der Waals surface area contributed by atoms with Gasteiger partial charge in [0.05, 0.1) is 6.04 Å². The van der Waals surface area contributed by atoms with Crippen LogP contribution < -0.4 is 5.32 Å². The molecule has 2 rings (SSSR count). The van der Waals surface area contributed by atoms with Gasteiger partial charge in [-0.2, -0.15) is 0 Å². The zero-order valence-electron chi connectivity index (χ0n) is 11.0. The van der Waals surface area contributed by atoms with E-state index in [1.165, 1.54) is 5.56 Å². The predicted molar refractivity (Wildman–Crippen MR) is 78.7 cm³/mol. The molecule has 1 aromatic carbocycles. The summed E-state index contributed by atoms with van der Waals surface area (Å²) in [5.74, 6) is 1.91. The normalized spacial score (nSPS) is 12.7. The molecule has 0 aliphatic heterocycles. The maximum absolute atomic E-state index is 5.93. The number of hydrogen-bond donors (Lipinski definition) is 1. The average molecular weight is 308 g/mol. The van der Waals surface area contributed by atoms with E-state index in [1.54, 1.807) is 0 Å². The first-order valence-electron chi connectivity index (χ1n) is 6.21. The van der Waals surface area contributed by atoms with Gasteiger partial charge in [0.15, 0.2) is 0 Å². The van der Waals surface area contributed by atoms with E-state index in [1.807, 2.05) is 18.2 Å². The van der Waals surface area contributed by atoms with Crippen LogP contribution in [0, 0.1) is 6.92 Å². The number of halogens is 1. The Labute approximate surface area is 117 Å². The molecule has 0 fully saturated rings. The number of aryl methyl sites for hydroxylation is 1. The van der Waals surface area contributed by atoms with Crippen LogP contribution in [-0.4, -0.2) is 6.54 Å². The summed E-state index contributed by atoms with van der Waals surface area (Å²) < 4.78 is 7.02. The van der Waals surface area contributed by atoms with E-state index in [4.69, 9.17) is 4.42 Å². The van der Waals surface area contributed by atoms with Crippen molar-refractivity contribution in [2.24, 2.45) is 0 Å². The molecule has 3 heteroatoms. The van der Waals surface area contributed by atoms with Gasteiger partial charge < -0.3 is 9.73 Å². The lowest BCUT2D eigenvalue weighted by Crippen LogP contribution is -2.16. The summed E-state index contributed by atoms with van der Waals surface area (Å²) in [6.45, 7) is 7.24. The van der Waals surface area contributed by atoms with Gasteiger partial charge in [0, 0.05) is 10.0 Å². The Hall–Kier alpha value is -1.06. The predicted octanol–water partition coefficient (Wildman–Crippen LogP) is 4.69. The summed E-state index contributed by atoms with van der Waals surface area (Å²) >= 11 is 3.48. The van der Waals surface area contributed by atoms with Crippen LogP contribution in [0.25, 0.3) is 11.3 Å². The molecule has 1 aromatic heterocycles. The fourth-order valence-corrected chi connectivity index (χ4v) is 2.52. The molecule has 0 radical (unpaired) electrons. The van der Waals surface area contributed by atoms with E-state index < -0.39 is 0 Å². The van der Waals surface area contributed by atoms with E-state index in [0.717, 1.165) is 28.1 Å². The zero-order chi connectivity index (χ0) is 13.1. The molecule has 0 aliphatic rings. The second kappa shape index (κ2) is 5.72. The molecule has 1 N–H and O–H groups in total. The summed E-state index contributed by atoms with van der Waals surface area (Å²) in [6.07, 6.45) is 0. The minimum absolute atomic E-state index is 0.250. The Morgan fingerprint density at radius 3 is 2.72 bits per heavy atom. The highest BCUT2D eigenvalue weighted by Crippen LogP contribution is 2.29. The quantitative estimate of drug-likeness (QED) is 0.886. The third-order valence-electron chi connectivity index (χ3n) is 3.02. The molecule has 0 amide bonds. The van der Waals surface area contributed by atoms with Crippen molar-refractivity contribution in [2.45, 2.75) is 26.8 Å². The first-order valence-corrected chi connectivity index (χ1v) is 7.00. The molecule has 2 aromatic rings. The Morgan fingerprint density at radius 1 is 1.28 bits per heavy atom. The molecule has 1 heterocycles. The van der Waals surface area contributed by atoms with Crippen LogP contribution in [0.3, 0.4) is 0 Å². The van der Waals surface area contributed by atoms with Gasteiger partial charge in [0.1, 0.15) is 11.5 Å². The molecule has 0 bridgehead atoms. The SMILES string of the molecule is CCNC(C)c1ccc(-c2ccc(Br)cc2C)o1. The van der Waals surface area contributed by atoms with Crippen molar-refractivity contribution in [3.8, 4) is 11.3 Å². The first kappa shape index (κ1) is 13.4. The van der Waals surface area contributed by atoms with Crippen molar-refractivity contribution in [2.75, 3.05) is 6.54 Å². The fraction of sp³-hybridized carbons (Fsp3) is 0.333. The first-order chi connectivity index (χ1) is 8.61. The van der Waals surface area contributed by atoms with Crippen LogP contribution in [0.1, 0.15) is 31.2 Å². The maximum Gasteiger partial charge on any atom is 0.134 e. The standard InChI is InChI=1S/C15H18BrNO/c1-4-17-11(3)14-7-8-15(18-14)13-6-5-12(16)9-10(13)2/h5-9,11,17H,4H2,1-3H3. The van der Waals surface area contributed by atoms with Crippen LogP contribution in [0.5, 0.6) is 0 Å². The second-order valence-electron chi connectivity index (χ2n) is 4.44. The number of rotatable bonds is 4. The van der Waals surface area contributed by atoms with Gasteiger partial charge in [-0.1, -0.05) is 22.9 Å². The Bertz CT molecular complexity index is 533. The zero-order valence-corrected chi connectivity index (χ0v) is 12.5. The van der Waals surface area contributed by atoms with Gasteiger partial charge in [0.2, 0.25) is 0 Å². The van der Waals surface area contributed by atoms with E-state index in [-0.39, 0.29) is 6.04 Å². The van der Waals surface area contributed by atoms with E-state index in [2.05, 4.69) is 54.2 Å². The second-order valence-corrected chi connectivity index (χ2v) is 5.36. The summed E-state index contributed by atoms with van der Waals surface area (Å²) in [5.41, 5.74) is 2.36. The molecule has 0 saturated carbocycles. The molecular weight excluding hydrogens is 290 g/mol. The van der Waals surface area contributed by atoms with Crippen molar-refractivity contribution in [1.29, 1.82) is 0 Å². The van der Waals surface area contributed by atoms with E-state index >= 15 is 0 Å². The van der Waals surface area contributed by atoms with Gasteiger partial charge >= 0.3 is 0 Å². The third kappa shape index (κ3) is 2.85. The lowest BCUT2D eigenvalue weighted by molar-refractivity contribution is 0.445. The van der Waals surface area contributed by atoms with Crippen LogP contribution in [0.2, 0.25) is 0 Å². The molecule has 2 nitrogen and oxygen atoms in total. The Kier molecular flexibility index (Phi) is 4.25. The third-order valence-corrected chi connectivity index (χ3v) is 3.51. The molecule has 1 unspecified atom stereocenters. The smallest absolute Gasteiger partial charge is 0.134 e. The van der Waals surface area contributed by atoms with Gasteiger partial charge in [-0.25, -0.2) is 0 Å². The lowest BCUT2D eigenvalue weighted by Gasteiger charge is -2.09. The van der Waals surface area contributed by atoms with Crippen LogP contribution in [0.4, 0.5) is 0 Å². The molecule has 0 aliphatic carbocycles. The van der Waals surface area contributed by atoms with E-state index in [0.29, 0.717) is 0 Å². The number of benzene rings is 1. The van der Waals surface area contributed by atoms with Crippen LogP contribution >= 0.6 is 15.9 Å². The lowest BCUT2D eigenvalue weighted by atomic mass is 10.1. The molecule has 18 heavy (non-hydrogen) atoms. The maximum atomic E-state index is 5.93. The summed E-state index contributed by atoms with van der Waals surface area (Å²) in [7, 11) is 0. The highest BCUT2D eigenvalue weighted by atomic mass is 79.9. The molecule has 0 saturated heterocycles. The van der Waals surface area contributed by atoms with Gasteiger partial charge in [0.25, 0.3) is 0 Å². The average Bonchev–Trinajstić information content (AvgIpc) is 2.78. The van der Waals surface area contributed by atoms with Crippen molar-refractivity contribution >= 4 is 15.9 Å². The monoisotopic (exact) mass is 307 g/mol. The number of nitrogens with one attached hydrogen (secondary N) is 1. The largest absolute Gasteiger partial charge is 0.459 e. The molecule has 96 valence electrons. The van der Waals surface area contributed by atoms with Gasteiger partial charge in [-0.3, -0.25) is 0 Å². The highest BCUT2D eigenvalue weighted by Gasteiger charge is 2.11. The topological polar surface area (TPSA) is 25.2 Å². The minimum atomic E-state index is 0.250. The van der Waals surface area contributed by atoms with Crippen molar-refractivity contribution in [1.82, 2.24) is 5.32 Å². The highest BCUT2D eigenvalue weighted by molar-refractivity contribution is 9.10. The fourth-order valence-electron chi connectivity index (χ4n) is 2.04. The minimum Gasteiger partial charge on any atom is -0.459 e. The molecule has 0 spiro atoms. The van der Waals surface area contributed by atoms with Crippen molar-refractivity contribution in [3.05, 3.63) is 46.1 Å². The van der Waals surface area contributed by atoms with Gasteiger partial charge in [-0.05, 0) is 56.3 Å². The molecule has 1 atom stereocenters. The van der Waals surface area contributed by atoms with Crippen LogP contribution in [-0.2, 0) is 0 Å². The van der Waals surface area contributed by atoms with E-state index in [9.17, 15) is 0 Å². The summed E-state index contributed by atoms with van der Waals surface area (Å²) in [4.78, 5) is 0. The van der Waals surface area contributed by atoms with Crippen molar-refractivity contribution < 1.29 is 4.42 Å². The Morgan fingerprint density at radius 2 is 2.06 bits per heavy atom. The number of hydrogen-bond acceptors (Lipinski definition) is 2. The summed E-state index contributed by atoms with van der Waals surface area (Å²) in [6, 6.07) is 10.6. The van der Waals surface area contributed by atoms with Crippen LogP contribution in [0.15, 0.2) is 39.2 Å². The number of furan rings is 1. The molecular formula is C15H18BrNO. The van der Waals surface area contributed by atoms with Gasteiger partial charge in [-0.15, -0.1) is 0 Å². The summed E-state index contributed by atoms with van der Waals surface area (Å²) in [5, 5.41) is 3.35. The van der Waals surface area contributed by atoms with Crippen molar-refractivity contribution in [3.63, 3.8) is 0 Å².